The molecule has 1 N–H and O–H groups in total. The van der Waals surface area contributed by atoms with E-state index in [2.05, 4.69) is 10.2 Å². The van der Waals surface area contributed by atoms with Gasteiger partial charge in [-0.05, 0) is 31.9 Å². The van der Waals surface area contributed by atoms with Gasteiger partial charge in [-0.2, -0.15) is 5.10 Å². The third-order valence-electron chi connectivity index (χ3n) is 4.06. The number of esters is 3. The number of aromatic amines is 1. The van der Waals surface area contributed by atoms with Crippen LogP contribution in [0.1, 0.15) is 38.3 Å². The first-order valence-electron chi connectivity index (χ1n) is 8.85. The van der Waals surface area contributed by atoms with Crippen molar-refractivity contribution < 1.29 is 28.6 Å². The SMILES string of the molecule is CCOC(=O)CC(Cc1ccc2[nH]ncc2c1COC(C)=O)C(=O)OCC. The van der Waals surface area contributed by atoms with Crippen molar-refractivity contribution in [3.63, 3.8) is 0 Å². The van der Waals surface area contributed by atoms with Crippen molar-refractivity contribution >= 4 is 28.8 Å². The van der Waals surface area contributed by atoms with E-state index in [-0.39, 0.29) is 32.7 Å². The first-order chi connectivity index (χ1) is 13.0. The normalized spacial score (nSPS) is 11.8. The van der Waals surface area contributed by atoms with E-state index in [4.69, 9.17) is 14.2 Å². The number of hydrogen-bond acceptors (Lipinski definition) is 7. The first kappa shape index (κ1) is 20.4. The minimum atomic E-state index is -0.690. The molecule has 0 saturated heterocycles. The van der Waals surface area contributed by atoms with Crippen LogP contribution in [0.4, 0.5) is 0 Å². The zero-order valence-electron chi connectivity index (χ0n) is 15.7. The predicted molar refractivity (Wildman–Crippen MR) is 96.6 cm³/mol. The molecule has 1 aromatic carbocycles. The predicted octanol–water partition coefficient (Wildman–Crippen LogP) is 2.30. The number of rotatable bonds is 9. The zero-order chi connectivity index (χ0) is 19.8. The van der Waals surface area contributed by atoms with E-state index in [1.165, 1.54) is 6.92 Å². The molecule has 0 bridgehead atoms. The number of benzene rings is 1. The van der Waals surface area contributed by atoms with Crippen LogP contribution < -0.4 is 0 Å². The van der Waals surface area contributed by atoms with Crippen molar-refractivity contribution in [3.05, 3.63) is 29.5 Å². The molecule has 8 nitrogen and oxygen atoms in total. The Morgan fingerprint density at radius 2 is 1.85 bits per heavy atom. The highest BCUT2D eigenvalue weighted by atomic mass is 16.5. The number of nitrogens with one attached hydrogen (secondary N) is 1. The summed E-state index contributed by atoms with van der Waals surface area (Å²) in [4.78, 5) is 35.5. The highest BCUT2D eigenvalue weighted by molar-refractivity contribution is 5.84. The van der Waals surface area contributed by atoms with E-state index in [0.717, 1.165) is 22.0 Å². The molecule has 1 unspecified atom stereocenters. The molecule has 2 rings (SSSR count). The van der Waals surface area contributed by atoms with Gasteiger partial charge in [0.2, 0.25) is 0 Å². The largest absolute Gasteiger partial charge is 0.466 e. The quantitative estimate of drug-likeness (QED) is 0.528. The maximum Gasteiger partial charge on any atom is 0.309 e. The number of hydrogen-bond donors (Lipinski definition) is 1. The smallest absolute Gasteiger partial charge is 0.309 e. The molecule has 0 saturated carbocycles. The summed E-state index contributed by atoms with van der Waals surface area (Å²) in [7, 11) is 0. The molecule has 1 heterocycles. The molecule has 0 radical (unpaired) electrons. The molecule has 1 atom stereocenters. The topological polar surface area (TPSA) is 108 Å². The summed E-state index contributed by atoms with van der Waals surface area (Å²) in [6.45, 7) is 5.27. The first-order valence-corrected chi connectivity index (χ1v) is 8.85. The second-order valence-electron chi connectivity index (χ2n) is 5.98. The second-order valence-corrected chi connectivity index (χ2v) is 5.98. The van der Waals surface area contributed by atoms with E-state index in [0.29, 0.717) is 0 Å². The third-order valence-corrected chi connectivity index (χ3v) is 4.06. The molecule has 0 aliphatic rings. The van der Waals surface area contributed by atoms with Gasteiger partial charge in [-0.3, -0.25) is 19.5 Å². The second kappa shape index (κ2) is 9.70. The number of nitrogens with zero attached hydrogens (tertiary/aromatic N) is 1. The van der Waals surface area contributed by atoms with Gasteiger partial charge in [0.25, 0.3) is 0 Å². The van der Waals surface area contributed by atoms with Crippen molar-refractivity contribution in [2.24, 2.45) is 5.92 Å². The van der Waals surface area contributed by atoms with E-state index >= 15 is 0 Å². The summed E-state index contributed by atoms with van der Waals surface area (Å²) < 4.78 is 15.3. The Labute approximate surface area is 157 Å². The van der Waals surface area contributed by atoms with Gasteiger partial charge in [0.15, 0.2) is 0 Å². The molecule has 8 heteroatoms. The number of carbonyl (C=O) groups is 3. The van der Waals surface area contributed by atoms with E-state index in [1.807, 2.05) is 12.1 Å². The van der Waals surface area contributed by atoms with Gasteiger partial charge in [-0.15, -0.1) is 0 Å². The van der Waals surface area contributed by atoms with E-state index in [9.17, 15) is 14.4 Å². The summed E-state index contributed by atoms with van der Waals surface area (Å²) in [6.07, 6.45) is 1.82. The summed E-state index contributed by atoms with van der Waals surface area (Å²) in [5, 5.41) is 7.68. The maximum absolute atomic E-state index is 12.3. The van der Waals surface area contributed by atoms with Crippen LogP contribution in [-0.4, -0.2) is 41.3 Å². The molecular weight excluding hydrogens is 352 g/mol. The Morgan fingerprint density at radius 3 is 2.52 bits per heavy atom. The Bertz CT molecular complexity index is 814. The van der Waals surface area contributed by atoms with Gasteiger partial charge < -0.3 is 14.2 Å². The van der Waals surface area contributed by atoms with Crippen molar-refractivity contribution in [2.45, 2.75) is 40.2 Å². The number of fused-ring (bicyclic) bond motifs is 1. The lowest BCUT2D eigenvalue weighted by Gasteiger charge is -2.17. The third kappa shape index (κ3) is 5.54. The zero-order valence-corrected chi connectivity index (χ0v) is 15.7. The number of carbonyl (C=O) groups excluding carboxylic acids is 3. The van der Waals surface area contributed by atoms with Crippen LogP contribution in [0.15, 0.2) is 18.3 Å². The van der Waals surface area contributed by atoms with Crippen LogP contribution >= 0.6 is 0 Å². The number of ether oxygens (including phenoxy) is 3. The molecule has 0 fully saturated rings. The lowest BCUT2D eigenvalue weighted by molar-refractivity contribution is -0.154. The average molecular weight is 376 g/mol. The van der Waals surface area contributed by atoms with Gasteiger partial charge >= 0.3 is 17.9 Å². The highest BCUT2D eigenvalue weighted by Crippen LogP contribution is 2.26. The van der Waals surface area contributed by atoms with Crippen LogP contribution in [0, 0.1) is 5.92 Å². The highest BCUT2D eigenvalue weighted by Gasteiger charge is 2.26. The molecule has 0 aliphatic heterocycles. The fourth-order valence-electron chi connectivity index (χ4n) is 2.84. The van der Waals surface area contributed by atoms with E-state index < -0.39 is 23.8 Å². The molecule has 0 spiro atoms. The minimum Gasteiger partial charge on any atom is -0.466 e. The van der Waals surface area contributed by atoms with Gasteiger partial charge in [-0.1, -0.05) is 6.07 Å². The van der Waals surface area contributed by atoms with Crippen molar-refractivity contribution in [3.8, 4) is 0 Å². The van der Waals surface area contributed by atoms with Crippen LogP contribution in [0.3, 0.4) is 0 Å². The Morgan fingerprint density at radius 1 is 1.11 bits per heavy atom. The number of aromatic nitrogens is 2. The average Bonchev–Trinajstić information content (AvgIpc) is 3.09. The van der Waals surface area contributed by atoms with Gasteiger partial charge in [-0.25, -0.2) is 0 Å². The van der Waals surface area contributed by atoms with Crippen LogP contribution in [0.2, 0.25) is 0 Å². The Kier molecular flexibility index (Phi) is 7.34. The Balaban J connectivity index is 2.32. The summed E-state index contributed by atoms with van der Waals surface area (Å²) >= 11 is 0. The molecule has 1 aromatic heterocycles. The van der Waals surface area contributed by atoms with E-state index in [1.54, 1.807) is 20.0 Å². The summed E-state index contributed by atoms with van der Waals surface area (Å²) in [5.41, 5.74) is 2.32. The molecule has 0 aliphatic carbocycles. The fraction of sp³-hybridized carbons (Fsp3) is 0.474. The Hall–Kier alpha value is -2.90. The lowest BCUT2D eigenvalue weighted by atomic mass is 9.92. The van der Waals surface area contributed by atoms with Crippen LogP contribution in [0.5, 0.6) is 0 Å². The maximum atomic E-state index is 12.3. The van der Waals surface area contributed by atoms with Crippen molar-refractivity contribution in [1.29, 1.82) is 0 Å². The monoisotopic (exact) mass is 376 g/mol. The number of H-pyrrole nitrogens is 1. The van der Waals surface area contributed by atoms with Gasteiger partial charge in [0.1, 0.15) is 6.61 Å². The van der Waals surface area contributed by atoms with Crippen LogP contribution in [-0.2, 0) is 41.6 Å². The fourth-order valence-corrected chi connectivity index (χ4v) is 2.84. The molecule has 0 amide bonds. The standard InChI is InChI=1S/C19H24N2O6/c1-4-25-18(23)9-14(19(24)26-5-2)8-13-6-7-17-15(10-20-21-17)16(13)11-27-12(3)22/h6-7,10,14H,4-5,8-9,11H2,1-3H3,(H,20,21). The molecule has 2 aromatic rings. The van der Waals surface area contributed by atoms with Crippen molar-refractivity contribution in [2.75, 3.05) is 13.2 Å². The summed E-state index contributed by atoms with van der Waals surface area (Å²) in [5.74, 6) is -2.02. The minimum absolute atomic E-state index is 0.0521. The molecule has 27 heavy (non-hydrogen) atoms. The lowest BCUT2D eigenvalue weighted by Crippen LogP contribution is -2.24. The van der Waals surface area contributed by atoms with Gasteiger partial charge in [0.05, 0.1) is 37.3 Å². The molecular formula is C19H24N2O6. The molecule has 146 valence electrons. The summed E-state index contributed by atoms with van der Waals surface area (Å²) in [6, 6.07) is 3.66. The van der Waals surface area contributed by atoms with Crippen molar-refractivity contribution in [1.82, 2.24) is 10.2 Å². The van der Waals surface area contributed by atoms with Gasteiger partial charge in [0, 0.05) is 17.9 Å². The van der Waals surface area contributed by atoms with Crippen LogP contribution in [0.25, 0.3) is 10.9 Å².